The molecule has 43 heavy (non-hydrogen) atoms. The molecule has 0 saturated heterocycles. The zero-order valence-corrected chi connectivity index (χ0v) is 24.8. The van der Waals surface area contributed by atoms with Crippen molar-refractivity contribution in [3.8, 4) is 0 Å². The molecular weight excluding hydrogens is 578 g/mol. The van der Waals surface area contributed by atoms with Gasteiger partial charge in [-0.05, 0) is 83.9 Å². The quantitative estimate of drug-likeness (QED) is 0.117. The molecule has 5 rings (SSSR count). The molecule has 8 heteroatoms. The maximum atomic E-state index is 13.4. The number of amides is 3. The van der Waals surface area contributed by atoms with Crippen LogP contribution in [0, 0.1) is 0 Å². The number of benzene rings is 5. The minimum atomic E-state index is -0.506. The predicted molar refractivity (Wildman–Crippen MR) is 176 cm³/mol. The summed E-state index contributed by atoms with van der Waals surface area (Å²) >= 11 is 7.51. The number of hydrogen-bond donors (Lipinski definition) is 3. The predicted octanol–water partition coefficient (Wildman–Crippen LogP) is 8.02. The molecule has 0 fully saturated rings. The van der Waals surface area contributed by atoms with E-state index in [4.69, 9.17) is 11.6 Å². The third-order valence-corrected chi connectivity index (χ3v) is 7.81. The number of carbonyl (C=O) groups is 3. The van der Waals surface area contributed by atoms with Crippen LogP contribution in [0.25, 0.3) is 16.8 Å². The summed E-state index contributed by atoms with van der Waals surface area (Å²) in [5, 5.41) is 10.8. The lowest BCUT2D eigenvalue weighted by Gasteiger charge is -2.14. The lowest BCUT2D eigenvalue weighted by Crippen LogP contribution is -2.30. The summed E-state index contributed by atoms with van der Waals surface area (Å²) in [4.78, 5) is 40.1. The van der Waals surface area contributed by atoms with E-state index in [1.54, 1.807) is 72.8 Å². The molecule has 5 aromatic carbocycles. The van der Waals surface area contributed by atoms with Gasteiger partial charge in [0.05, 0.1) is 5.25 Å². The van der Waals surface area contributed by atoms with E-state index in [-0.39, 0.29) is 11.6 Å². The van der Waals surface area contributed by atoms with Crippen molar-refractivity contribution in [1.29, 1.82) is 0 Å². The third-order valence-electron chi connectivity index (χ3n) is 6.48. The number of anilines is 2. The topological polar surface area (TPSA) is 87.3 Å². The van der Waals surface area contributed by atoms with Crippen molar-refractivity contribution >= 4 is 69.3 Å². The molecule has 1 atom stereocenters. The summed E-state index contributed by atoms with van der Waals surface area (Å²) in [6.07, 6.45) is 1.57. The van der Waals surface area contributed by atoms with Crippen molar-refractivity contribution in [1.82, 2.24) is 5.32 Å². The van der Waals surface area contributed by atoms with Gasteiger partial charge in [0.15, 0.2) is 0 Å². The number of fused-ring (bicyclic) bond motifs is 1. The summed E-state index contributed by atoms with van der Waals surface area (Å²) in [7, 11) is 0. The summed E-state index contributed by atoms with van der Waals surface area (Å²) in [5.41, 5.74) is 2.37. The molecule has 214 valence electrons. The fraction of sp³-hybridized carbons (Fsp3) is 0.0571. The lowest BCUT2D eigenvalue weighted by atomic mass is 10.1. The second kappa shape index (κ2) is 13.9. The van der Waals surface area contributed by atoms with Crippen LogP contribution < -0.4 is 16.0 Å². The molecule has 0 spiro atoms. The molecule has 0 aromatic heterocycles. The second-order valence-corrected chi connectivity index (χ2v) is 11.6. The Labute approximate surface area is 259 Å². The number of halogens is 1. The van der Waals surface area contributed by atoms with Crippen LogP contribution in [-0.2, 0) is 9.59 Å². The first-order chi connectivity index (χ1) is 20.8. The molecule has 1 unspecified atom stereocenters. The first-order valence-corrected chi connectivity index (χ1v) is 14.8. The highest BCUT2D eigenvalue weighted by atomic mass is 35.5. The van der Waals surface area contributed by atoms with Gasteiger partial charge in [-0.3, -0.25) is 14.4 Å². The van der Waals surface area contributed by atoms with Crippen LogP contribution in [0.4, 0.5) is 11.4 Å². The number of nitrogens with one attached hydrogen (secondary N) is 3. The monoisotopic (exact) mass is 605 g/mol. The van der Waals surface area contributed by atoms with Gasteiger partial charge in [0.2, 0.25) is 5.91 Å². The van der Waals surface area contributed by atoms with Gasteiger partial charge in [-0.25, -0.2) is 0 Å². The van der Waals surface area contributed by atoms with Gasteiger partial charge in [-0.1, -0.05) is 78.3 Å². The Hall–Kier alpha value is -4.85. The molecule has 0 aliphatic heterocycles. The van der Waals surface area contributed by atoms with Gasteiger partial charge in [0, 0.05) is 26.9 Å². The van der Waals surface area contributed by atoms with Crippen molar-refractivity contribution in [2.75, 3.05) is 10.6 Å². The van der Waals surface area contributed by atoms with Crippen LogP contribution in [0.15, 0.2) is 132 Å². The number of hydrogen-bond acceptors (Lipinski definition) is 4. The van der Waals surface area contributed by atoms with Gasteiger partial charge in [0.25, 0.3) is 11.8 Å². The molecule has 0 radical (unpaired) electrons. The Morgan fingerprint density at radius 3 is 2.23 bits per heavy atom. The van der Waals surface area contributed by atoms with E-state index in [1.807, 2.05) is 61.5 Å². The Bertz CT molecular complexity index is 1820. The molecule has 3 amide bonds. The minimum absolute atomic E-state index is 0.0531. The van der Waals surface area contributed by atoms with Gasteiger partial charge in [0.1, 0.15) is 5.70 Å². The summed E-state index contributed by atoms with van der Waals surface area (Å²) in [6.45, 7) is 1.83. The maximum absolute atomic E-state index is 13.4. The Morgan fingerprint density at radius 1 is 0.721 bits per heavy atom. The van der Waals surface area contributed by atoms with E-state index in [0.717, 1.165) is 21.4 Å². The summed E-state index contributed by atoms with van der Waals surface area (Å²) in [6, 6.07) is 36.6. The first-order valence-electron chi connectivity index (χ1n) is 13.6. The van der Waals surface area contributed by atoms with Crippen molar-refractivity contribution in [2.24, 2.45) is 0 Å². The van der Waals surface area contributed by atoms with Gasteiger partial charge in [-0.2, -0.15) is 0 Å². The maximum Gasteiger partial charge on any atom is 0.272 e. The van der Waals surface area contributed by atoms with Crippen LogP contribution in [0.1, 0.15) is 22.8 Å². The fourth-order valence-corrected chi connectivity index (χ4v) is 5.44. The van der Waals surface area contributed by atoms with Crippen LogP contribution in [0.5, 0.6) is 0 Å². The van der Waals surface area contributed by atoms with E-state index in [1.165, 1.54) is 11.8 Å². The van der Waals surface area contributed by atoms with E-state index >= 15 is 0 Å². The van der Waals surface area contributed by atoms with Crippen molar-refractivity contribution in [2.45, 2.75) is 17.1 Å². The summed E-state index contributed by atoms with van der Waals surface area (Å²) < 4.78 is 0. The minimum Gasteiger partial charge on any atom is -0.325 e. The van der Waals surface area contributed by atoms with Crippen molar-refractivity contribution in [3.63, 3.8) is 0 Å². The Morgan fingerprint density at radius 2 is 1.44 bits per heavy atom. The Kier molecular flexibility index (Phi) is 9.56. The average Bonchev–Trinajstić information content (AvgIpc) is 3.01. The van der Waals surface area contributed by atoms with Gasteiger partial charge >= 0.3 is 0 Å². The second-order valence-electron chi connectivity index (χ2n) is 9.73. The van der Waals surface area contributed by atoms with E-state index in [0.29, 0.717) is 21.8 Å². The molecule has 5 aromatic rings. The zero-order chi connectivity index (χ0) is 30.2. The van der Waals surface area contributed by atoms with E-state index < -0.39 is 17.1 Å². The SMILES string of the molecule is CC(Sc1cccc(NC(=O)/C(=C/c2cccc(Cl)c2)NC(=O)c2ccccc2)c1)C(=O)Nc1ccc2ccccc2c1. The molecule has 6 nitrogen and oxygen atoms in total. The number of carbonyl (C=O) groups excluding carboxylic acids is 3. The van der Waals surface area contributed by atoms with Crippen molar-refractivity contribution in [3.05, 3.63) is 143 Å². The van der Waals surface area contributed by atoms with Crippen LogP contribution in [0.3, 0.4) is 0 Å². The molecule has 0 heterocycles. The summed E-state index contributed by atoms with van der Waals surface area (Å²) in [5.74, 6) is -1.06. The zero-order valence-electron chi connectivity index (χ0n) is 23.2. The first kappa shape index (κ1) is 29.6. The van der Waals surface area contributed by atoms with Gasteiger partial charge in [-0.15, -0.1) is 11.8 Å². The smallest absolute Gasteiger partial charge is 0.272 e. The average molecular weight is 606 g/mol. The molecular formula is C35H28ClN3O3S. The molecule has 0 aliphatic carbocycles. The standard InChI is InChI=1S/C35H28ClN3O3S/c1-23(33(40)37-30-18-17-25-10-5-6-13-27(25)21-30)43-31-16-8-15-29(22-31)38-35(42)32(20-24-9-7-14-28(36)19-24)39-34(41)26-11-3-2-4-12-26/h2-23H,1H3,(H,37,40)(H,38,42)(H,39,41)/b32-20-. The molecule has 0 bridgehead atoms. The van der Waals surface area contributed by atoms with Crippen LogP contribution in [0.2, 0.25) is 5.02 Å². The van der Waals surface area contributed by atoms with E-state index in [2.05, 4.69) is 16.0 Å². The Balaban J connectivity index is 1.28. The van der Waals surface area contributed by atoms with Crippen LogP contribution >= 0.6 is 23.4 Å². The van der Waals surface area contributed by atoms with Gasteiger partial charge < -0.3 is 16.0 Å². The largest absolute Gasteiger partial charge is 0.325 e. The van der Waals surface area contributed by atoms with Crippen molar-refractivity contribution < 1.29 is 14.4 Å². The van der Waals surface area contributed by atoms with E-state index in [9.17, 15) is 14.4 Å². The third kappa shape index (κ3) is 8.13. The number of rotatable bonds is 9. The number of thioether (sulfide) groups is 1. The highest BCUT2D eigenvalue weighted by Crippen LogP contribution is 2.27. The lowest BCUT2D eigenvalue weighted by molar-refractivity contribution is -0.115. The fourth-order valence-electron chi connectivity index (χ4n) is 4.32. The molecule has 3 N–H and O–H groups in total. The highest BCUT2D eigenvalue weighted by molar-refractivity contribution is 8.00. The van der Waals surface area contributed by atoms with Crippen LogP contribution in [-0.4, -0.2) is 23.0 Å². The normalized spacial score (nSPS) is 11.9. The molecule has 0 aliphatic rings. The highest BCUT2D eigenvalue weighted by Gasteiger charge is 2.17. The molecule has 0 saturated carbocycles.